The fourth-order valence-corrected chi connectivity index (χ4v) is 1.92. The molecular weight excluding hydrogens is 290 g/mol. The third kappa shape index (κ3) is 5.69. The number of ether oxygens (including phenoxy) is 1. The van der Waals surface area contributed by atoms with E-state index < -0.39 is 0 Å². The van der Waals surface area contributed by atoms with Gasteiger partial charge in [-0.15, -0.1) is 6.58 Å². The van der Waals surface area contributed by atoms with Gasteiger partial charge in [0.05, 0.1) is 6.61 Å². The lowest BCUT2D eigenvalue weighted by atomic mass is 10.2. The summed E-state index contributed by atoms with van der Waals surface area (Å²) in [6, 6.07) is 6.11. The van der Waals surface area contributed by atoms with Crippen LogP contribution in [0.4, 0.5) is 0 Å². The highest BCUT2D eigenvalue weighted by atomic mass is 79.9. The molecule has 0 fully saturated rings. The van der Waals surface area contributed by atoms with Crippen LogP contribution in [0.25, 0.3) is 0 Å². The monoisotopic (exact) mass is 311 g/mol. The second kappa shape index (κ2) is 8.33. The molecule has 0 aromatic heterocycles. The summed E-state index contributed by atoms with van der Waals surface area (Å²) in [7, 11) is 0. The van der Waals surface area contributed by atoms with Gasteiger partial charge in [0.1, 0.15) is 5.75 Å². The molecule has 0 amide bonds. The SMILES string of the molecule is C=CCCOc1ccc(Br)c(CNCC(C)C)c1. The molecular formula is C15H22BrNO. The zero-order chi connectivity index (χ0) is 13.4. The van der Waals surface area contributed by atoms with Crippen LogP contribution in [0.2, 0.25) is 0 Å². The molecule has 0 heterocycles. The van der Waals surface area contributed by atoms with Crippen LogP contribution in [0.15, 0.2) is 35.3 Å². The van der Waals surface area contributed by atoms with E-state index in [-0.39, 0.29) is 0 Å². The van der Waals surface area contributed by atoms with Gasteiger partial charge in [-0.3, -0.25) is 0 Å². The van der Waals surface area contributed by atoms with E-state index in [2.05, 4.69) is 47.7 Å². The summed E-state index contributed by atoms with van der Waals surface area (Å²) in [5, 5.41) is 3.43. The molecule has 0 atom stereocenters. The van der Waals surface area contributed by atoms with E-state index >= 15 is 0 Å². The van der Waals surface area contributed by atoms with Crippen molar-refractivity contribution in [2.24, 2.45) is 5.92 Å². The van der Waals surface area contributed by atoms with Crippen LogP contribution >= 0.6 is 15.9 Å². The van der Waals surface area contributed by atoms with Gasteiger partial charge in [-0.2, -0.15) is 0 Å². The molecule has 1 N–H and O–H groups in total. The summed E-state index contributed by atoms with van der Waals surface area (Å²) in [5.41, 5.74) is 1.23. The zero-order valence-corrected chi connectivity index (χ0v) is 12.8. The van der Waals surface area contributed by atoms with Gasteiger partial charge in [0, 0.05) is 11.0 Å². The Morgan fingerprint density at radius 3 is 2.89 bits per heavy atom. The quantitative estimate of drug-likeness (QED) is 0.575. The molecule has 1 aromatic carbocycles. The Labute approximate surface area is 119 Å². The van der Waals surface area contributed by atoms with Gasteiger partial charge in [0.25, 0.3) is 0 Å². The molecule has 0 saturated heterocycles. The van der Waals surface area contributed by atoms with E-state index in [1.54, 1.807) is 0 Å². The molecule has 3 heteroatoms. The molecule has 0 spiro atoms. The maximum atomic E-state index is 5.65. The van der Waals surface area contributed by atoms with Gasteiger partial charge >= 0.3 is 0 Å². The molecule has 0 aliphatic heterocycles. The van der Waals surface area contributed by atoms with Crippen LogP contribution in [-0.4, -0.2) is 13.2 Å². The molecule has 0 aliphatic carbocycles. The van der Waals surface area contributed by atoms with Gasteiger partial charge < -0.3 is 10.1 Å². The van der Waals surface area contributed by atoms with Crippen LogP contribution in [0.1, 0.15) is 25.8 Å². The summed E-state index contributed by atoms with van der Waals surface area (Å²) < 4.78 is 6.77. The highest BCUT2D eigenvalue weighted by Crippen LogP contribution is 2.22. The van der Waals surface area contributed by atoms with Crippen LogP contribution in [0, 0.1) is 5.92 Å². The average Bonchev–Trinajstić information content (AvgIpc) is 2.33. The standard InChI is InChI=1S/C15H22BrNO/c1-4-5-8-18-14-6-7-15(16)13(9-14)11-17-10-12(2)3/h4,6-7,9,12,17H,1,5,8,10-11H2,2-3H3. The molecule has 1 rings (SSSR count). The molecule has 1 aromatic rings. The summed E-state index contributed by atoms with van der Waals surface area (Å²) in [4.78, 5) is 0. The molecule has 18 heavy (non-hydrogen) atoms. The first-order chi connectivity index (χ1) is 8.63. The van der Waals surface area contributed by atoms with Crippen molar-refractivity contribution in [3.8, 4) is 5.75 Å². The topological polar surface area (TPSA) is 21.3 Å². The summed E-state index contributed by atoms with van der Waals surface area (Å²) in [6.07, 6.45) is 2.74. The number of hydrogen-bond acceptors (Lipinski definition) is 2. The van der Waals surface area contributed by atoms with Crippen molar-refractivity contribution in [1.82, 2.24) is 5.32 Å². The van der Waals surface area contributed by atoms with Gasteiger partial charge in [-0.1, -0.05) is 35.9 Å². The van der Waals surface area contributed by atoms with Gasteiger partial charge in [-0.05, 0) is 42.6 Å². The first-order valence-electron chi connectivity index (χ1n) is 6.36. The van der Waals surface area contributed by atoms with Crippen molar-refractivity contribution in [1.29, 1.82) is 0 Å². The number of nitrogens with one attached hydrogen (secondary N) is 1. The predicted octanol–water partition coefficient (Wildman–Crippen LogP) is 4.15. The Bertz CT molecular complexity index is 377. The van der Waals surface area contributed by atoms with Crippen molar-refractivity contribution < 1.29 is 4.74 Å². The van der Waals surface area contributed by atoms with Crippen LogP contribution in [0.5, 0.6) is 5.75 Å². The van der Waals surface area contributed by atoms with Crippen molar-refractivity contribution in [3.63, 3.8) is 0 Å². The molecule has 100 valence electrons. The number of hydrogen-bond donors (Lipinski definition) is 1. The zero-order valence-electron chi connectivity index (χ0n) is 11.2. The number of benzene rings is 1. The van der Waals surface area contributed by atoms with Crippen molar-refractivity contribution in [2.45, 2.75) is 26.8 Å². The first kappa shape index (κ1) is 15.3. The largest absolute Gasteiger partial charge is 0.493 e. The van der Waals surface area contributed by atoms with E-state index in [9.17, 15) is 0 Å². The molecule has 0 radical (unpaired) electrons. The van der Waals surface area contributed by atoms with Crippen molar-refractivity contribution >= 4 is 15.9 Å². The van der Waals surface area contributed by atoms with Crippen molar-refractivity contribution in [2.75, 3.05) is 13.2 Å². The third-order valence-electron chi connectivity index (χ3n) is 2.48. The van der Waals surface area contributed by atoms with Gasteiger partial charge in [0.15, 0.2) is 0 Å². The maximum Gasteiger partial charge on any atom is 0.119 e. The van der Waals surface area contributed by atoms with Crippen LogP contribution in [0.3, 0.4) is 0 Å². The lowest BCUT2D eigenvalue weighted by Crippen LogP contribution is -2.19. The van der Waals surface area contributed by atoms with E-state index in [1.807, 2.05) is 18.2 Å². The predicted molar refractivity (Wildman–Crippen MR) is 81.0 cm³/mol. The lowest BCUT2D eigenvalue weighted by Gasteiger charge is -2.11. The highest BCUT2D eigenvalue weighted by molar-refractivity contribution is 9.10. The van der Waals surface area contributed by atoms with Crippen LogP contribution in [-0.2, 0) is 6.54 Å². The minimum atomic E-state index is 0.663. The first-order valence-corrected chi connectivity index (χ1v) is 7.15. The lowest BCUT2D eigenvalue weighted by molar-refractivity contribution is 0.324. The second-order valence-electron chi connectivity index (χ2n) is 4.70. The summed E-state index contributed by atoms with van der Waals surface area (Å²) in [6.45, 7) is 10.7. The molecule has 2 nitrogen and oxygen atoms in total. The minimum Gasteiger partial charge on any atom is -0.493 e. The van der Waals surface area contributed by atoms with Crippen molar-refractivity contribution in [3.05, 3.63) is 40.9 Å². The summed E-state index contributed by atoms with van der Waals surface area (Å²) in [5.74, 6) is 1.58. The Hall–Kier alpha value is -0.800. The minimum absolute atomic E-state index is 0.663. The Morgan fingerprint density at radius 1 is 1.44 bits per heavy atom. The summed E-state index contributed by atoms with van der Waals surface area (Å²) >= 11 is 3.57. The Morgan fingerprint density at radius 2 is 2.22 bits per heavy atom. The third-order valence-corrected chi connectivity index (χ3v) is 3.25. The van der Waals surface area contributed by atoms with E-state index in [4.69, 9.17) is 4.74 Å². The molecule has 0 bridgehead atoms. The Balaban J connectivity index is 2.54. The van der Waals surface area contributed by atoms with Gasteiger partial charge in [0.2, 0.25) is 0 Å². The van der Waals surface area contributed by atoms with E-state index in [1.165, 1.54) is 5.56 Å². The fourth-order valence-electron chi connectivity index (χ4n) is 1.53. The molecule has 0 unspecified atom stereocenters. The Kier molecular flexibility index (Phi) is 7.06. The van der Waals surface area contributed by atoms with Gasteiger partial charge in [-0.25, -0.2) is 0 Å². The number of rotatable bonds is 8. The van der Waals surface area contributed by atoms with E-state index in [0.29, 0.717) is 12.5 Å². The molecule has 0 aliphatic rings. The maximum absolute atomic E-state index is 5.65. The second-order valence-corrected chi connectivity index (χ2v) is 5.56. The number of halogens is 1. The normalized spacial score (nSPS) is 10.7. The molecule has 0 saturated carbocycles. The smallest absolute Gasteiger partial charge is 0.119 e. The fraction of sp³-hybridized carbons (Fsp3) is 0.467. The highest BCUT2D eigenvalue weighted by Gasteiger charge is 2.03. The van der Waals surface area contributed by atoms with Crippen LogP contribution < -0.4 is 10.1 Å². The average molecular weight is 312 g/mol. The van der Waals surface area contributed by atoms with E-state index in [0.717, 1.165) is 29.7 Å².